The standard InChI is InChI=1S/C24H36O5/c1-5-15(3)24(27)29-21-11-14(2)10-17-7-6-16(4)20(23(17)21)9-8-19-12-18(25)13-22(26)28-19/h6-7,10,14-16,18-21,23,25H,5,8-9,11-13H2,1-4H3/t14-,15-,16-,18+,19?,20-,21-,23-/m0/s1/i2D3,13D2,15D,25D. The van der Waals surface area contributed by atoms with Gasteiger partial charge in [0.1, 0.15) is 12.2 Å². The van der Waals surface area contributed by atoms with Crippen LogP contribution in [0.1, 0.15) is 74.3 Å². The number of fused-ring (bicyclic) bond motifs is 1. The summed E-state index contributed by atoms with van der Waals surface area (Å²) in [6.45, 7) is 2.97. The Bertz CT molecular complexity index is 898. The Labute approximate surface area is 184 Å². The zero-order valence-electron chi connectivity index (χ0n) is 24.4. The van der Waals surface area contributed by atoms with Gasteiger partial charge in [-0.2, -0.15) is 0 Å². The van der Waals surface area contributed by atoms with E-state index < -0.39 is 55.3 Å². The van der Waals surface area contributed by atoms with E-state index in [-0.39, 0.29) is 37.0 Å². The molecule has 0 bridgehead atoms. The van der Waals surface area contributed by atoms with E-state index in [1.165, 1.54) is 6.92 Å². The number of allylic oxidation sites excluding steroid dienone is 3. The summed E-state index contributed by atoms with van der Waals surface area (Å²) < 4.78 is 66.0. The van der Waals surface area contributed by atoms with E-state index in [1.54, 1.807) is 13.0 Å². The van der Waals surface area contributed by atoms with E-state index in [9.17, 15) is 9.59 Å². The number of aliphatic hydroxyl groups excluding tert-OH is 1. The quantitative estimate of drug-likeness (QED) is 0.636. The molecule has 0 amide bonds. The molecule has 1 aliphatic heterocycles. The topological polar surface area (TPSA) is 72.8 Å². The summed E-state index contributed by atoms with van der Waals surface area (Å²) in [5, 5.41) is 4.48. The minimum absolute atomic E-state index is 0.0553. The van der Waals surface area contributed by atoms with Crippen LogP contribution in [0.15, 0.2) is 23.8 Å². The SMILES string of the molecule is [2H]O[C@@H]1CC(CC[C@@H]2[C@@H]3C(=C[C@H](C([2H])([2H])[2H])C[C@@H]3OC(=O)[C@@]([2H])(C)CC)C=C[C@@H]2C)OC(=O)C1([2H])[2H]. The highest BCUT2D eigenvalue weighted by Gasteiger charge is 2.42. The third-order valence-corrected chi connectivity index (χ3v) is 6.38. The van der Waals surface area contributed by atoms with Crippen LogP contribution in [0.4, 0.5) is 0 Å². The van der Waals surface area contributed by atoms with Gasteiger partial charge in [0.15, 0.2) is 0 Å². The first-order valence-electron chi connectivity index (χ1n) is 14.0. The number of aliphatic hydroxyl groups is 1. The molecule has 3 aliphatic rings. The molecule has 29 heavy (non-hydrogen) atoms. The normalized spacial score (nSPS) is 44.7. The maximum absolute atomic E-state index is 12.8. The lowest BCUT2D eigenvalue weighted by atomic mass is 9.65. The molecular weight excluding hydrogens is 368 g/mol. The summed E-state index contributed by atoms with van der Waals surface area (Å²) in [5.74, 6) is -4.25. The van der Waals surface area contributed by atoms with E-state index in [1.807, 2.05) is 19.1 Å². The summed E-state index contributed by atoms with van der Waals surface area (Å²) in [7, 11) is 0. The summed E-state index contributed by atoms with van der Waals surface area (Å²) >= 11 is 0. The van der Waals surface area contributed by atoms with Crippen molar-refractivity contribution in [1.29, 1.82) is 1.43 Å². The molecule has 5 nitrogen and oxygen atoms in total. The van der Waals surface area contributed by atoms with Gasteiger partial charge in [0, 0.05) is 20.6 Å². The highest BCUT2D eigenvalue weighted by Crippen LogP contribution is 2.45. The molecule has 0 aromatic carbocycles. The third-order valence-electron chi connectivity index (χ3n) is 6.38. The van der Waals surface area contributed by atoms with Crippen LogP contribution < -0.4 is 0 Å². The molecule has 1 saturated heterocycles. The average molecular weight is 412 g/mol. The van der Waals surface area contributed by atoms with Crippen molar-refractivity contribution < 1.29 is 32.4 Å². The molecule has 3 rings (SSSR count). The lowest BCUT2D eigenvalue weighted by molar-refractivity contribution is -0.162. The van der Waals surface area contributed by atoms with Crippen LogP contribution in [-0.4, -0.2) is 36.8 Å². The smallest absolute Gasteiger partial charge is 0.308 e. The molecule has 162 valence electrons. The Morgan fingerprint density at radius 3 is 3.07 bits per heavy atom. The van der Waals surface area contributed by atoms with Crippen LogP contribution in [0, 0.1) is 29.6 Å². The van der Waals surface area contributed by atoms with Crippen molar-refractivity contribution in [1.82, 2.24) is 0 Å². The van der Waals surface area contributed by atoms with Crippen LogP contribution in [0.2, 0.25) is 0 Å². The van der Waals surface area contributed by atoms with Gasteiger partial charge >= 0.3 is 11.9 Å². The fraction of sp³-hybridized carbons (Fsp3) is 0.750. The Balaban J connectivity index is 1.85. The van der Waals surface area contributed by atoms with E-state index in [4.69, 9.17) is 19.1 Å². The number of carbonyl (C=O) groups excluding carboxylic acids is 2. The van der Waals surface area contributed by atoms with Crippen molar-refractivity contribution in [2.75, 3.05) is 0 Å². The van der Waals surface area contributed by atoms with Crippen molar-refractivity contribution in [3.63, 3.8) is 0 Å². The molecule has 0 aromatic heterocycles. The van der Waals surface area contributed by atoms with Gasteiger partial charge in [-0.25, -0.2) is 0 Å². The van der Waals surface area contributed by atoms with Gasteiger partial charge in [-0.15, -0.1) is 0 Å². The van der Waals surface area contributed by atoms with E-state index >= 15 is 0 Å². The first-order chi connectivity index (χ1) is 16.6. The Morgan fingerprint density at radius 1 is 1.52 bits per heavy atom. The maximum atomic E-state index is 12.8. The third kappa shape index (κ3) is 5.30. The Morgan fingerprint density at radius 2 is 2.34 bits per heavy atom. The second-order valence-corrected chi connectivity index (χ2v) is 8.47. The van der Waals surface area contributed by atoms with Crippen LogP contribution in [0.3, 0.4) is 0 Å². The number of esters is 2. The number of hydrogen-bond donors (Lipinski definition) is 1. The largest absolute Gasteiger partial charge is 0.462 e. The molecule has 0 aromatic rings. The van der Waals surface area contributed by atoms with E-state index in [0.717, 1.165) is 5.57 Å². The summed E-state index contributed by atoms with van der Waals surface area (Å²) in [5.41, 5.74) is 0.788. The number of hydrogen-bond acceptors (Lipinski definition) is 5. The van der Waals surface area contributed by atoms with Crippen LogP contribution in [0.25, 0.3) is 0 Å². The van der Waals surface area contributed by atoms with Crippen molar-refractivity contribution in [3.05, 3.63) is 23.8 Å². The van der Waals surface area contributed by atoms with Crippen LogP contribution >= 0.6 is 0 Å². The second kappa shape index (κ2) is 9.46. The molecule has 0 radical (unpaired) electrons. The molecule has 0 spiro atoms. The Kier molecular flexibility index (Phi) is 4.70. The predicted octanol–water partition coefficient (Wildman–Crippen LogP) is 4.20. The fourth-order valence-electron chi connectivity index (χ4n) is 4.61. The van der Waals surface area contributed by atoms with Crippen LogP contribution in [-0.2, 0) is 19.1 Å². The minimum atomic E-state index is -2.38. The number of carbonyl (C=O) groups is 2. The predicted molar refractivity (Wildman–Crippen MR) is 111 cm³/mol. The second-order valence-electron chi connectivity index (χ2n) is 8.47. The minimum Gasteiger partial charge on any atom is -0.462 e. The monoisotopic (exact) mass is 411 g/mol. The molecule has 0 saturated carbocycles. The molecule has 2 aliphatic carbocycles. The number of ether oxygens (including phenoxy) is 2. The van der Waals surface area contributed by atoms with Crippen molar-refractivity contribution in [2.24, 2.45) is 29.6 Å². The van der Waals surface area contributed by atoms with Gasteiger partial charge < -0.3 is 14.6 Å². The zero-order valence-corrected chi connectivity index (χ0v) is 17.4. The van der Waals surface area contributed by atoms with E-state index in [0.29, 0.717) is 12.8 Å². The molecular formula is C24H36O5. The average Bonchev–Trinajstić information content (AvgIpc) is 2.79. The molecule has 5 heteroatoms. The van der Waals surface area contributed by atoms with Gasteiger partial charge in [-0.3, -0.25) is 9.59 Å². The van der Waals surface area contributed by atoms with Gasteiger partial charge in [-0.1, -0.05) is 45.9 Å². The summed E-state index contributed by atoms with van der Waals surface area (Å²) in [4.78, 5) is 25.0. The molecule has 1 N–H and O–H groups in total. The molecule has 1 unspecified atom stereocenters. The highest BCUT2D eigenvalue weighted by molar-refractivity contribution is 5.72. The van der Waals surface area contributed by atoms with Gasteiger partial charge in [0.2, 0.25) is 1.43 Å². The van der Waals surface area contributed by atoms with Gasteiger partial charge in [0.05, 0.1) is 18.4 Å². The van der Waals surface area contributed by atoms with Gasteiger partial charge in [-0.05, 0) is 49.0 Å². The van der Waals surface area contributed by atoms with Crippen molar-refractivity contribution in [2.45, 2.75) is 84.4 Å². The molecule has 1 heterocycles. The highest BCUT2D eigenvalue weighted by atomic mass is 16.5. The van der Waals surface area contributed by atoms with E-state index in [2.05, 4.69) is 5.11 Å². The first-order valence-corrected chi connectivity index (χ1v) is 10.6. The fourth-order valence-corrected chi connectivity index (χ4v) is 4.61. The zero-order chi connectivity index (χ0) is 27.1. The lowest BCUT2D eigenvalue weighted by Gasteiger charge is -2.43. The maximum Gasteiger partial charge on any atom is 0.308 e. The number of rotatable bonds is 7. The first kappa shape index (κ1) is 14.4. The Hall–Kier alpha value is -1.62. The van der Waals surface area contributed by atoms with Crippen molar-refractivity contribution in [3.8, 4) is 0 Å². The van der Waals surface area contributed by atoms with Crippen molar-refractivity contribution >= 4 is 11.9 Å². The summed E-state index contributed by atoms with van der Waals surface area (Å²) in [6, 6.07) is 0. The number of cyclic esters (lactones) is 1. The molecule has 8 atom stereocenters. The van der Waals surface area contributed by atoms with Crippen LogP contribution in [0.5, 0.6) is 0 Å². The molecule has 1 fully saturated rings. The lowest BCUT2D eigenvalue weighted by Crippen LogP contribution is -2.42. The summed E-state index contributed by atoms with van der Waals surface area (Å²) in [6.07, 6.45) is 2.05. The van der Waals surface area contributed by atoms with Gasteiger partial charge in [0.25, 0.3) is 0 Å².